The molecule has 0 aliphatic rings. The second-order valence-corrected chi connectivity index (χ2v) is 4.93. The maximum atomic E-state index is 11.6. The number of nitrogens with zero attached hydrogens (tertiary/aromatic N) is 3. The molecule has 0 aliphatic heterocycles. The molecule has 0 unspecified atom stereocenters. The van der Waals surface area contributed by atoms with Gasteiger partial charge in [0.1, 0.15) is 12.9 Å². The highest BCUT2D eigenvalue weighted by molar-refractivity contribution is 9.10. The van der Waals surface area contributed by atoms with Gasteiger partial charge in [-0.05, 0) is 24.3 Å². The summed E-state index contributed by atoms with van der Waals surface area (Å²) >= 11 is 3.29. The highest BCUT2D eigenvalue weighted by Crippen LogP contribution is 2.13. The van der Waals surface area contributed by atoms with Crippen LogP contribution in [0.3, 0.4) is 0 Å². The maximum absolute atomic E-state index is 11.6. The van der Waals surface area contributed by atoms with Crippen LogP contribution in [0.25, 0.3) is 0 Å². The number of aromatic nitrogens is 3. The highest BCUT2D eigenvalue weighted by Gasteiger charge is 2.09. The first-order valence-corrected chi connectivity index (χ1v) is 6.68. The molecular formula is C12H12BrN5O3. The number of nitrogen functional groups attached to an aromatic ring is 1. The Morgan fingerprint density at radius 2 is 2.05 bits per heavy atom. The van der Waals surface area contributed by atoms with E-state index >= 15 is 0 Å². The molecule has 0 spiro atoms. The van der Waals surface area contributed by atoms with Crippen LogP contribution in [0.4, 0.5) is 11.6 Å². The molecule has 1 amide bonds. The number of hydrogen-bond acceptors (Lipinski definition) is 6. The van der Waals surface area contributed by atoms with Crippen molar-refractivity contribution in [3.63, 3.8) is 0 Å². The van der Waals surface area contributed by atoms with E-state index in [1.807, 2.05) is 0 Å². The normalized spacial score (nSPS) is 10.1. The Bertz CT molecular complexity index is 641. The summed E-state index contributed by atoms with van der Waals surface area (Å²) in [6.45, 7) is -0.533. The zero-order valence-corrected chi connectivity index (χ0v) is 12.4. The molecule has 0 fully saturated rings. The van der Waals surface area contributed by atoms with Crippen LogP contribution in [0, 0.1) is 0 Å². The molecule has 0 aliphatic carbocycles. The molecule has 21 heavy (non-hydrogen) atoms. The van der Waals surface area contributed by atoms with Crippen LogP contribution >= 0.6 is 15.9 Å². The lowest BCUT2D eigenvalue weighted by Crippen LogP contribution is -2.23. The highest BCUT2D eigenvalue weighted by atomic mass is 79.9. The molecule has 1 heterocycles. The van der Waals surface area contributed by atoms with E-state index in [2.05, 4.69) is 31.3 Å². The lowest BCUT2D eigenvalue weighted by molar-refractivity contribution is -0.148. The van der Waals surface area contributed by atoms with Crippen molar-refractivity contribution in [1.29, 1.82) is 0 Å². The van der Waals surface area contributed by atoms with E-state index < -0.39 is 11.9 Å². The summed E-state index contributed by atoms with van der Waals surface area (Å²) in [4.78, 5) is 26.8. The van der Waals surface area contributed by atoms with Gasteiger partial charge in [0.25, 0.3) is 5.91 Å². The number of anilines is 2. The van der Waals surface area contributed by atoms with Gasteiger partial charge in [0, 0.05) is 10.2 Å². The number of nitrogens with two attached hydrogens (primary N) is 1. The van der Waals surface area contributed by atoms with Crippen molar-refractivity contribution in [3.8, 4) is 0 Å². The average Bonchev–Trinajstić information content (AvgIpc) is 2.84. The third-order valence-electron chi connectivity index (χ3n) is 2.34. The first kappa shape index (κ1) is 15.0. The summed E-state index contributed by atoms with van der Waals surface area (Å²) in [5.74, 6) is -0.967. The number of carbonyl (C=O) groups is 2. The van der Waals surface area contributed by atoms with Gasteiger partial charge in [-0.2, -0.15) is 0 Å². The number of rotatable bonds is 5. The van der Waals surface area contributed by atoms with Crippen molar-refractivity contribution >= 4 is 39.4 Å². The Morgan fingerprint density at radius 1 is 1.33 bits per heavy atom. The van der Waals surface area contributed by atoms with Crippen molar-refractivity contribution in [2.75, 3.05) is 17.7 Å². The minimum Gasteiger partial charge on any atom is -0.454 e. The van der Waals surface area contributed by atoms with E-state index in [1.54, 1.807) is 24.3 Å². The summed E-state index contributed by atoms with van der Waals surface area (Å²) in [6.07, 6.45) is 1.30. The predicted molar refractivity (Wildman–Crippen MR) is 78.2 cm³/mol. The van der Waals surface area contributed by atoms with Crippen LogP contribution in [0.1, 0.15) is 0 Å². The predicted octanol–water partition coefficient (Wildman–Crippen LogP) is 0.805. The molecule has 1 aromatic heterocycles. The number of ether oxygens (including phenoxy) is 1. The number of carbonyl (C=O) groups excluding carboxylic acids is 2. The van der Waals surface area contributed by atoms with Crippen LogP contribution in [0.5, 0.6) is 0 Å². The van der Waals surface area contributed by atoms with Gasteiger partial charge in [-0.1, -0.05) is 15.9 Å². The number of esters is 1. The molecule has 0 atom stereocenters. The molecule has 3 N–H and O–H groups in total. The van der Waals surface area contributed by atoms with Gasteiger partial charge in [0.15, 0.2) is 6.61 Å². The Kier molecular flexibility index (Phi) is 4.88. The van der Waals surface area contributed by atoms with E-state index in [1.165, 1.54) is 11.0 Å². The fourth-order valence-corrected chi connectivity index (χ4v) is 1.70. The molecule has 2 rings (SSSR count). The molecule has 2 aromatic rings. The smallest absolute Gasteiger partial charge is 0.328 e. The van der Waals surface area contributed by atoms with Gasteiger partial charge >= 0.3 is 5.97 Å². The van der Waals surface area contributed by atoms with E-state index in [4.69, 9.17) is 10.5 Å². The first-order valence-electron chi connectivity index (χ1n) is 5.89. The SMILES string of the molecule is Nc1ncn(CC(=O)OCC(=O)Nc2ccc(Br)cc2)n1. The van der Waals surface area contributed by atoms with E-state index in [0.717, 1.165) is 4.47 Å². The monoisotopic (exact) mass is 353 g/mol. The topological polar surface area (TPSA) is 112 Å². The van der Waals surface area contributed by atoms with Crippen molar-refractivity contribution in [1.82, 2.24) is 14.8 Å². The van der Waals surface area contributed by atoms with Crippen molar-refractivity contribution in [2.45, 2.75) is 6.54 Å². The summed E-state index contributed by atoms with van der Waals surface area (Å²) < 4.78 is 6.95. The second-order valence-electron chi connectivity index (χ2n) is 4.02. The molecule has 0 bridgehead atoms. The van der Waals surface area contributed by atoms with Gasteiger partial charge in [-0.3, -0.25) is 9.59 Å². The molecule has 110 valence electrons. The van der Waals surface area contributed by atoms with Gasteiger partial charge in [0.2, 0.25) is 5.95 Å². The minimum atomic E-state index is -0.606. The van der Waals surface area contributed by atoms with Crippen molar-refractivity contribution < 1.29 is 14.3 Å². The maximum Gasteiger partial charge on any atom is 0.328 e. The average molecular weight is 354 g/mol. The quantitative estimate of drug-likeness (QED) is 0.769. The zero-order chi connectivity index (χ0) is 15.2. The largest absolute Gasteiger partial charge is 0.454 e. The van der Waals surface area contributed by atoms with Gasteiger partial charge in [-0.15, -0.1) is 5.10 Å². The summed E-state index contributed by atoms with van der Waals surface area (Å²) in [5.41, 5.74) is 5.92. The minimum absolute atomic E-state index is 0.0655. The number of hydrogen-bond donors (Lipinski definition) is 2. The van der Waals surface area contributed by atoms with E-state index in [-0.39, 0.29) is 19.1 Å². The van der Waals surface area contributed by atoms with Crippen molar-refractivity contribution in [2.24, 2.45) is 0 Å². The van der Waals surface area contributed by atoms with E-state index in [0.29, 0.717) is 5.69 Å². The third-order valence-corrected chi connectivity index (χ3v) is 2.87. The molecule has 0 radical (unpaired) electrons. The summed E-state index contributed by atoms with van der Waals surface area (Å²) in [5, 5.41) is 6.33. The molecule has 8 nitrogen and oxygen atoms in total. The lowest BCUT2D eigenvalue weighted by atomic mass is 10.3. The zero-order valence-electron chi connectivity index (χ0n) is 10.8. The first-order chi connectivity index (χ1) is 10.0. The summed E-state index contributed by atoms with van der Waals surface area (Å²) in [6, 6.07) is 7.03. The second kappa shape index (κ2) is 6.84. The fraction of sp³-hybridized carbons (Fsp3) is 0.167. The molecule has 9 heteroatoms. The number of amides is 1. The molecule has 1 aromatic carbocycles. The lowest BCUT2D eigenvalue weighted by Gasteiger charge is -2.06. The van der Waals surface area contributed by atoms with Gasteiger partial charge in [-0.25, -0.2) is 9.67 Å². The molecular weight excluding hydrogens is 342 g/mol. The number of halogens is 1. The Hall–Kier alpha value is -2.42. The number of benzene rings is 1. The van der Waals surface area contributed by atoms with Crippen LogP contribution in [0.15, 0.2) is 35.1 Å². The van der Waals surface area contributed by atoms with Crippen LogP contribution in [0.2, 0.25) is 0 Å². The van der Waals surface area contributed by atoms with Crippen LogP contribution in [-0.4, -0.2) is 33.2 Å². The number of nitrogens with one attached hydrogen (secondary N) is 1. The van der Waals surface area contributed by atoms with Crippen LogP contribution < -0.4 is 11.1 Å². The molecule has 0 saturated heterocycles. The Balaban J connectivity index is 1.75. The standard InChI is InChI=1S/C12H12BrN5O3/c13-8-1-3-9(4-2-8)16-10(19)6-21-11(20)5-18-7-15-12(14)17-18/h1-4,7H,5-6H2,(H2,14,17)(H,16,19). The van der Waals surface area contributed by atoms with Crippen molar-refractivity contribution in [3.05, 3.63) is 35.1 Å². The third kappa shape index (κ3) is 4.88. The Labute approximate surface area is 128 Å². The van der Waals surface area contributed by atoms with Gasteiger partial charge < -0.3 is 15.8 Å². The molecule has 0 saturated carbocycles. The van der Waals surface area contributed by atoms with Crippen LogP contribution in [-0.2, 0) is 20.9 Å². The van der Waals surface area contributed by atoms with E-state index in [9.17, 15) is 9.59 Å². The fourth-order valence-electron chi connectivity index (χ4n) is 1.44. The Morgan fingerprint density at radius 3 is 2.67 bits per heavy atom. The summed E-state index contributed by atoms with van der Waals surface area (Å²) in [7, 11) is 0. The van der Waals surface area contributed by atoms with Gasteiger partial charge in [0.05, 0.1) is 0 Å².